The number of hydrogen-bond acceptors (Lipinski definition) is 7. The molecular weight excluding hydrogens is 382 g/mol. The first-order valence-electron chi connectivity index (χ1n) is 12.3. The number of nitrogens with two attached hydrogens (primary N) is 2. The van der Waals surface area contributed by atoms with Crippen molar-refractivity contribution in [2.75, 3.05) is 44.9 Å². The summed E-state index contributed by atoms with van der Waals surface area (Å²) in [5, 5.41) is 0. The van der Waals surface area contributed by atoms with Crippen molar-refractivity contribution >= 4 is 11.5 Å². The molecule has 0 spiro atoms. The van der Waals surface area contributed by atoms with Gasteiger partial charge in [0.15, 0.2) is 11.5 Å². The molecule has 0 aliphatic carbocycles. The molecule has 1 aliphatic rings. The largest absolute Gasteiger partial charge is 0.493 e. The lowest BCUT2D eigenvalue weighted by Gasteiger charge is -2.23. The van der Waals surface area contributed by atoms with E-state index in [1.165, 1.54) is 6.20 Å². The van der Waals surface area contributed by atoms with E-state index in [0.29, 0.717) is 30.0 Å². The average molecular weight is 414 g/mol. The minimum Gasteiger partial charge on any atom is -0.493 e. The molecule has 1 fully saturated rings. The van der Waals surface area contributed by atoms with Crippen LogP contribution in [0.2, 0.25) is 0 Å². The first kappa shape index (κ1) is 13.8. The molecule has 7 heteroatoms. The van der Waals surface area contributed by atoms with E-state index in [4.69, 9.17) is 38.6 Å². The second-order valence-corrected chi connectivity index (χ2v) is 6.67. The lowest BCUT2D eigenvalue weighted by Crippen LogP contribution is -2.33. The summed E-state index contributed by atoms with van der Waals surface area (Å²) in [7, 11) is -2.93. The van der Waals surface area contributed by atoms with Gasteiger partial charge in [-0.2, -0.15) is 0 Å². The van der Waals surface area contributed by atoms with Crippen molar-refractivity contribution in [2.45, 2.75) is 6.10 Å². The van der Waals surface area contributed by atoms with Gasteiger partial charge in [0, 0.05) is 23.0 Å². The molecule has 0 bridgehead atoms. The summed E-state index contributed by atoms with van der Waals surface area (Å²) < 4.78 is 70.2. The van der Waals surface area contributed by atoms with Crippen LogP contribution in [-0.4, -0.2) is 44.6 Å². The van der Waals surface area contributed by atoms with Gasteiger partial charge in [0.2, 0.25) is 0 Å². The van der Waals surface area contributed by atoms with Crippen LogP contribution < -0.4 is 20.9 Å². The molecule has 4 rings (SSSR count). The summed E-state index contributed by atoms with van der Waals surface area (Å²) >= 11 is 0. The topological polar surface area (TPSA) is 102 Å². The van der Waals surface area contributed by atoms with Gasteiger partial charge < -0.3 is 30.4 Å². The molecule has 156 valence electrons. The zero-order chi connectivity index (χ0) is 26.0. The number of nitrogen functional groups attached to an aromatic ring is 2. The maximum Gasteiger partial charge on any atom is 0.161 e. The molecule has 3 aromatic rings. The number of aromatic nitrogens is 1. The highest BCUT2D eigenvalue weighted by atomic mass is 16.6. The average Bonchev–Trinajstić information content (AvgIpc) is 2.84. The monoisotopic (exact) mass is 413 g/mol. The van der Waals surface area contributed by atoms with E-state index in [0.717, 1.165) is 0 Å². The van der Waals surface area contributed by atoms with Crippen molar-refractivity contribution in [3.8, 4) is 33.8 Å². The normalized spacial score (nSPS) is 19.5. The third-order valence-corrected chi connectivity index (χ3v) is 4.58. The Hall–Kier alpha value is -3.29. The Morgan fingerprint density at radius 2 is 2.00 bits per heavy atom. The van der Waals surface area contributed by atoms with Gasteiger partial charge in [-0.15, -0.1) is 0 Å². The predicted octanol–water partition coefficient (Wildman–Crippen LogP) is 3.38. The molecule has 0 saturated carbocycles. The molecular formula is C23H25N3O4. The number of nitrogens with zero attached hydrogens (tertiary/aromatic N) is 1. The molecule has 1 aromatic heterocycles. The molecule has 7 nitrogen and oxygen atoms in total. The van der Waals surface area contributed by atoms with Crippen LogP contribution in [0.3, 0.4) is 0 Å². The molecule has 2 heterocycles. The number of anilines is 2. The number of benzene rings is 2. The maximum absolute atomic E-state index is 8.73. The Balaban J connectivity index is 1.81. The van der Waals surface area contributed by atoms with Gasteiger partial charge in [-0.05, 0) is 41.4 Å². The van der Waals surface area contributed by atoms with E-state index >= 15 is 0 Å². The van der Waals surface area contributed by atoms with E-state index in [9.17, 15) is 0 Å². The molecule has 1 aliphatic heterocycles. The van der Waals surface area contributed by atoms with Crippen LogP contribution in [-0.2, 0) is 9.47 Å². The summed E-state index contributed by atoms with van der Waals surface area (Å²) in [5.41, 5.74) is 13.9. The summed E-state index contributed by atoms with van der Waals surface area (Å²) in [4.78, 5) is 4.20. The minimum absolute atomic E-state index is 0.0481. The fourth-order valence-corrected chi connectivity index (χ4v) is 3.01. The van der Waals surface area contributed by atoms with Crippen LogP contribution in [0, 0.1) is 0 Å². The highest BCUT2D eigenvalue weighted by Gasteiger charge is 2.17. The van der Waals surface area contributed by atoms with Gasteiger partial charge >= 0.3 is 0 Å². The van der Waals surface area contributed by atoms with Gasteiger partial charge in [0.05, 0.1) is 35.1 Å². The minimum atomic E-state index is -2.93. The maximum atomic E-state index is 8.73. The van der Waals surface area contributed by atoms with Gasteiger partial charge in [-0.25, -0.2) is 4.98 Å². The number of pyridine rings is 1. The number of hydrogen-bond donors (Lipinski definition) is 2. The van der Waals surface area contributed by atoms with E-state index < -0.39 is 31.0 Å². The molecule has 2 aromatic carbocycles. The van der Waals surface area contributed by atoms with Crippen LogP contribution in [0.25, 0.3) is 22.3 Å². The third-order valence-electron chi connectivity index (χ3n) is 4.58. The Labute approximate surface area is 184 Å². The smallest absolute Gasteiger partial charge is 0.161 e. The van der Waals surface area contributed by atoms with Crippen molar-refractivity contribution in [3.05, 3.63) is 54.7 Å². The zero-order valence-corrected chi connectivity index (χ0v) is 16.1. The zero-order valence-electron chi connectivity index (χ0n) is 22.1. The SMILES string of the molecule is [2H]c1c([2H])c(-c2cnc(N)c(-c3ccc(N)cc3)c2)c([2H])c(OC([2H])([2H])[2H])c1OC[C@H]1COCCO1. The van der Waals surface area contributed by atoms with Crippen LogP contribution in [0.4, 0.5) is 11.5 Å². The summed E-state index contributed by atoms with van der Waals surface area (Å²) in [6, 6.07) is 7.29. The van der Waals surface area contributed by atoms with E-state index in [2.05, 4.69) is 4.98 Å². The van der Waals surface area contributed by atoms with Crippen LogP contribution in [0.5, 0.6) is 11.5 Å². The van der Waals surface area contributed by atoms with Crippen molar-refractivity contribution < 1.29 is 27.2 Å². The summed E-state index contributed by atoms with van der Waals surface area (Å²) in [5.74, 6) is -0.601. The highest BCUT2D eigenvalue weighted by molar-refractivity contribution is 5.80. The van der Waals surface area contributed by atoms with E-state index in [1.54, 1.807) is 30.3 Å². The standard InChI is InChI=1S/C23H25N3O4/c1-27-22-11-16(4-7-21(22)30-14-19-13-28-8-9-29-19)17-10-20(23(25)26-12-17)15-2-5-18(24)6-3-15/h2-7,10-12,19H,8-9,13-14,24H2,1H3,(H2,25,26)/t19-/m1/s1/i1D3,4D,7D,11D. The molecule has 30 heavy (non-hydrogen) atoms. The van der Waals surface area contributed by atoms with Gasteiger partial charge in [0.25, 0.3) is 0 Å². The van der Waals surface area contributed by atoms with Crippen LogP contribution in [0.1, 0.15) is 8.22 Å². The molecule has 1 atom stereocenters. The number of methoxy groups -OCH3 is 1. The van der Waals surface area contributed by atoms with Gasteiger partial charge in [-0.1, -0.05) is 18.2 Å². The number of rotatable bonds is 6. The second kappa shape index (κ2) is 9.02. The van der Waals surface area contributed by atoms with Crippen molar-refractivity contribution in [2.24, 2.45) is 0 Å². The lowest BCUT2D eigenvalue weighted by atomic mass is 10.0. The summed E-state index contributed by atoms with van der Waals surface area (Å²) in [6.07, 6.45) is 0.902. The van der Waals surface area contributed by atoms with Crippen LogP contribution in [0.15, 0.2) is 54.7 Å². The Kier molecular flexibility index (Phi) is 4.16. The van der Waals surface area contributed by atoms with E-state index in [1.807, 2.05) is 0 Å². The van der Waals surface area contributed by atoms with Gasteiger partial charge in [-0.3, -0.25) is 0 Å². The summed E-state index contributed by atoms with van der Waals surface area (Å²) in [6.45, 7) is 0.997. The van der Waals surface area contributed by atoms with Crippen molar-refractivity contribution in [3.63, 3.8) is 0 Å². The van der Waals surface area contributed by atoms with Crippen molar-refractivity contribution in [1.82, 2.24) is 4.98 Å². The molecule has 4 N–H and O–H groups in total. The highest BCUT2D eigenvalue weighted by Crippen LogP contribution is 2.35. The third kappa shape index (κ3) is 4.48. The van der Waals surface area contributed by atoms with Gasteiger partial charge in [0.1, 0.15) is 18.5 Å². The lowest BCUT2D eigenvalue weighted by molar-refractivity contribution is -0.101. The Morgan fingerprint density at radius 3 is 2.77 bits per heavy atom. The second-order valence-electron chi connectivity index (χ2n) is 6.67. The van der Waals surface area contributed by atoms with Crippen LogP contribution >= 0.6 is 0 Å². The van der Waals surface area contributed by atoms with Crippen molar-refractivity contribution in [1.29, 1.82) is 0 Å². The molecule has 0 unspecified atom stereocenters. The quantitative estimate of drug-likeness (QED) is 0.597. The fraction of sp³-hybridized carbons (Fsp3) is 0.261. The first-order chi connectivity index (χ1) is 17.0. The number of ether oxygens (including phenoxy) is 4. The first-order valence-corrected chi connectivity index (χ1v) is 9.32. The van der Waals surface area contributed by atoms with E-state index in [-0.39, 0.29) is 42.0 Å². The fourth-order valence-electron chi connectivity index (χ4n) is 3.01. The molecule has 0 amide bonds. The molecule has 1 saturated heterocycles. The Bertz CT molecular complexity index is 1250. The Morgan fingerprint density at radius 1 is 1.13 bits per heavy atom. The predicted molar refractivity (Wildman–Crippen MR) is 117 cm³/mol. The molecule has 0 radical (unpaired) electrons.